The van der Waals surface area contributed by atoms with E-state index in [9.17, 15) is 14.2 Å². The number of para-hydroxylation sites is 1. The van der Waals surface area contributed by atoms with Gasteiger partial charge < -0.3 is 18.5 Å². The molecule has 0 aliphatic rings. The summed E-state index contributed by atoms with van der Waals surface area (Å²) in [6, 6.07) is 12.9. The fourth-order valence-electron chi connectivity index (χ4n) is 2.80. The second kappa shape index (κ2) is 13.3. The van der Waals surface area contributed by atoms with Gasteiger partial charge in [-0.2, -0.15) is 5.09 Å². The molecule has 33 heavy (non-hydrogen) atoms. The van der Waals surface area contributed by atoms with E-state index >= 15 is 0 Å². The molecule has 180 valence electrons. The molecule has 0 radical (unpaired) electrons. The van der Waals surface area contributed by atoms with Gasteiger partial charge >= 0.3 is 19.7 Å². The molecule has 1 N–H and O–H groups in total. The smallest absolute Gasteiger partial charge is 0.466 e. The first-order valence-corrected chi connectivity index (χ1v) is 13.4. The van der Waals surface area contributed by atoms with Crippen molar-refractivity contribution >= 4 is 31.4 Å². The Morgan fingerprint density at radius 2 is 1.67 bits per heavy atom. The van der Waals surface area contributed by atoms with Gasteiger partial charge in [0.25, 0.3) is 0 Å². The zero-order valence-corrected chi connectivity index (χ0v) is 20.9. The molecular weight excluding hydrogens is 465 g/mol. The summed E-state index contributed by atoms with van der Waals surface area (Å²) in [7, 11) is -4.08. The standard InChI is InChI=1S/C23H30NO7PS/c1-5-28-22(25)16-11-18-9-7-8-10-21(18)31-32(27,24-17(3)23(26)29-6-2)30-19-12-14-20(33-4)15-13-19/h7-10,12-15,17H,5-6,11,16H2,1-4H3,(H,24,27)/t17-,32-/m0/s1. The Morgan fingerprint density at radius 3 is 2.30 bits per heavy atom. The summed E-state index contributed by atoms with van der Waals surface area (Å²) in [5.74, 6) is -0.342. The van der Waals surface area contributed by atoms with E-state index in [1.54, 1.807) is 62.0 Å². The van der Waals surface area contributed by atoms with Crippen molar-refractivity contribution < 1.29 is 32.7 Å². The molecule has 2 aromatic rings. The lowest BCUT2D eigenvalue weighted by Gasteiger charge is -2.24. The van der Waals surface area contributed by atoms with E-state index in [0.717, 1.165) is 4.90 Å². The van der Waals surface area contributed by atoms with Crippen molar-refractivity contribution in [1.82, 2.24) is 5.09 Å². The normalized spacial score (nSPS) is 13.5. The van der Waals surface area contributed by atoms with E-state index in [-0.39, 0.29) is 24.7 Å². The van der Waals surface area contributed by atoms with E-state index in [1.165, 1.54) is 6.92 Å². The molecule has 2 aromatic carbocycles. The molecule has 0 unspecified atom stereocenters. The predicted molar refractivity (Wildman–Crippen MR) is 128 cm³/mol. The maximum absolute atomic E-state index is 13.8. The van der Waals surface area contributed by atoms with Crippen LogP contribution in [0.5, 0.6) is 11.5 Å². The largest absolute Gasteiger partial charge is 0.513 e. The zero-order chi connectivity index (χ0) is 24.3. The maximum Gasteiger partial charge on any atom is 0.513 e. The average molecular weight is 496 g/mol. The molecule has 0 aliphatic carbocycles. The number of nitrogens with one attached hydrogen (secondary N) is 1. The number of hydrogen-bond acceptors (Lipinski definition) is 8. The average Bonchev–Trinajstić information content (AvgIpc) is 2.79. The number of benzene rings is 2. The van der Waals surface area contributed by atoms with E-state index < -0.39 is 19.8 Å². The summed E-state index contributed by atoms with van der Waals surface area (Å²) in [5, 5.41) is 2.66. The lowest BCUT2D eigenvalue weighted by atomic mass is 10.1. The van der Waals surface area contributed by atoms with Gasteiger partial charge in [-0.3, -0.25) is 9.59 Å². The van der Waals surface area contributed by atoms with E-state index in [4.69, 9.17) is 18.5 Å². The van der Waals surface area contributed by atoms with Crippen molar-refractivity contribution in [1.29, 1.82) is 0 Å². The van der Waals surface area contributed by atoms with Crippen LogP contribution < -0.4 is 14.1 Å². The number of rotatable bonds is 13. The zero-order valence-electron chi connectivity index (χ0n) is 19.2. The molecule has 0 saturated carbocycles. The van der Waals surface area contributed by atoms with E-state index in [1.807, 2.05) is 18.4 Å². The lowest BCUT2D eigenvalue weighted by Crippen LogP contribution is -2.35. The third-order valence-corrected chi connectivity index (χ3v) is 6.71. The molecule has 0 fully saturated rings. The van der Waals surface area contributed by atoms with E-state index in [2.05, 4.69) is 5.09 Å². The van der Waals surface area contributed by atoms with Crippen LogP contribution in [0.2, 0.25) is 0 Å². The number of aryl methyl sites for hydroxylation is 1. The van der Waals surface area contributed by atoms with Crippen molar-refractivity contribution in [3.8, 4) is 11.5 Å². The molecular formula is C23H30NO7PS. The summed E-state index contributed by atoms with van der Waals surface area (Å²) in [5.41, 5.74) is 0.651. The molecule has 0 aliphatic heterocycles. The highest BCUT2D eigenvalue weighted by atomic mass is 32.2. The first-order valence-electron chi connectivity index (χ1n) is 10.6. The van der Waals surface area contributed by atoms with Crippen molar-refractivity contribution in [2.45, 2.75) is 44.6 Å². The van der Waals surface area contributed by atoms with Crippen molar-refractivity contribution in [3.63, 3.8) is 0 Å². The fourth-order valence-corrected chi connectivity index (χ4v) is 4.77. The minimum atomic E-state index is -4.08. The third-order valence-electron chi connectivity index (χ3n) is 4.37. The maximum atomic E-state index is 13.8. The van der Waals surface area contributed by atoms with Crippen LogP contribution in [-0.4, -0.2) is 37.4 Å². The first kappa shape index (κ1) is 26.8. The van der Waals surface area contributed by atoms with Gasteiger partial charge in [-0.1, -0.05) is 18.2 Å². The topological polar surface area (TPSA) is 100 Å². The number of thioether (sulfide) groups is 1. The minimum absolute atomic E-state index is 0.141. The van der Waals surface area contributed by atoms with Crippen LogP contribution >= 0.6 is 19.5 Å². The van der Waals surface area contributed by atoms with Gasteiger partial charge in [-0.25, -0.2) is 4.57 Å². The van der Waals surface area contributed by atoms with Crippen molar-refractivity contribution in [2.24, 2.45) is 0 Å². The first-order chi connectivity index (χ1) is 15.8. The summed E-state index contributed by atoms with van der Waals surface area (Å²) < 4.78 is 35.3. The highest BCUT2D eigenvalue weighted by Crippen LogP contribution is 2.46. The molecule has 0 saturated heterocycles. The summed E-state index contributed by atoms with van der Waals surface area (Å²) in [6.07, 6.45) is 2.41. The Morgan fingerprint density at radius 1 is 1.00 bits per heavy atom. The Balaban J connectivity index is 2.28. The lowest BCUT2D eigenvalue weighted by molar-refractivity contribution is -0.145. The summed E-state index contributed by atoms with van der Waals surface area (Å²) >= 11 is 1.56. The highest BCUT2D eigenvalue weighted by Gasteiger charge is 2.34. The number of carbonyl (C=O) groups is 2. The van der Waals surface area contributed by atoms with Crippen LogP contribution in [0.25, 0.3) is 0 Å². The third kappa shape index (κ3) is 8.76. The van der Waals surface area contributed by atoms with Crippen molar-refractivity contribution in [2.75, 3.05) is 19.5 Å². The quantitative estimate of drug-likeness (QED) is 0.233. The van der Waals surface area contributed by atoms with Gasteiger partial charge in [0.15, 0.2) is 0 Å². The number of esters is 2. The van der Waals surface area contributed by atoms with Gasteiger partial charge in [0.1, 0.15) is 17.5 Å². The Kier molecular flexibility index (Phi) is 10.8. The predicted octanol–water partition coefficient (Wildman–Crippen LogP) is 5.01. The molecule has 0 bridgehead atoms. The SMILES string of the molecule is CCOC(=O)CCc1ccccc1O[P@](=O)(N[C@@H](C)C(=O)OCC)Oc1ccc(SC)cc1. The minimum Gasteiger partial charge on any atom is -0.466 e. The van der Waals surface area contributed by atoms with Crippen molar-refractivity contribution in [3.05, 3.63) is 54.1 Å². The van der Waals surface area contributed by atoms with Crippen LogP contribution in [0, 0.1) is 0 Å². The van der Waals surface area contributed by atoms with Gasteiger partial charge in [-0.05, 0) is 69.3 Å². The van der Waals surface area contributed by atoms with Crippen LogP contribution in [0.4, 0.5) is 0 Å². The van der Waals surface area contributed by atoms with Crippen LogP contribution in [0.1, 0.15) is 32.8 Å². The molecule has 2 atom stereocenters. The second-order valence-electron chi connectivity index (χ2n) is 6.87. The molecule has 0 aromatic heterocycles. The monoisotopic (exact) mass is 495 g/mol. The number of carbonyl (C=O) groups excluding carboxylic acids is 2. The highest BCUT2D eigenvalue weighted by molar-refractivity contribution is 7.98. The van der Waals surface area contributed by atoms with Crippen LogP contribution in [0.3, 0.4) is 0 Å². The van der Waals surface area contributed by atoms with Gasteiger partial charge in [0.05, 0.1) is 13.2 Å². The molecule has 2 rings (SSSR count). The van der Waals surface area contributed by atoms with Crippen LogP contribution in [0.15, 0.2) is 53.4 Å². The molecule has 0 amide bonds. The molecule has 0 heterocycles. The van der Waals surface area contributed by atoms with Gasteiger partial charge in [0, 0.05) is 11.3 Å². The second-order valence-corrected chi connectivity index (χ2v) is 9.37. The van der Waals surface area contributed by atoms with Gasteiger partial charge in [0.2, 0.25) is 0 Å². The fraction of sp³-hybridized carbons (Fsp3) is 0.391. The van der Waals surface area contributed by atoms with E-state index in [0.29, 0.717) is 24.3 Å². The Labute approximate surface area is 198 Å². The Hall–Kier alpha value is -2.48. The summed E-state index contributed by atoms with van der Waals surface area (Å²) in [6.45, 7) is 5.42. The summed E-state index contributed by atoms with van der Waals surface area (Å²) in [4.78, 5) is 24.9. The number of ether oxygens (including phenoxy) is 2. The molecule has 8 nitrogen and oxygen atoms in total. The van der Waals surface area contributed by atoms with Crippen LogP contribution in [-0.2, 0) is 30.0 Å². The molecule has 0 spiro atoms. The Bertz CT molecular complexity index is 968. The van der Waals surface area contributed by atoms with Gasteiger partial charge in [-0.15, -0.1) is 11.8 Å². The number of hydrogen-bond donors (Lipinski definition) is 1. The molecule has 10 heteroatoms.